The molecule has 78 valence electrons. The third-order valence-electron chi connectivity index (χ3n) is 2.78. The van der Waals surface area contributed by atoms with Gasteiger partial charge >= 0.3 is 0 Å². The van der Waals surface area contributed by atoms with Crippen LogP contribution in [0.3, 0.4) is 0 Å². The fourth-order valence-electron chi connectivity index (χ4n) is 1.96. The number of aryl methyl sites for hydroxylation is 1. The maximum absolute atomic E-state index is 4.18. The summed E-state index contributed by atoms with van der Waals surface area (Å²) < 4.78 is 1.87. The van der Waals surface area contributed by atoms with Gasteiger partial charge in [-0.2, -0.15) is 5.10 Å². The molecular formula is C10H17N3S. The van der Waals surface area contributed by atoms with Crippen molar-refractivity contribution in [3.05, 3.63) is 12.4 Å². The maximum atomic E-state index is 4.18. The van der Waals surface area contributed by atoms with Crippen LogP contribution in [0.1, 0.15) is 19.3 Å². The highest BCUT2D eigenvalue weighted by atomic mass is 32.2. The van der Waals surface area contributed by atoms with Crippen molar-refractivity contribution < 1.29 is 0 Å². The lowest BCUT2D eigenvalue weighted by atomic mass is 10.3. The largest absolute Gasteiger partial charge is 0.317 e. The quantitative estimate of drug-likeness (QED) is 0.824. The van der Waals surface area contributed by atoms with E-state index in [0.717, 1.165) is 11.3 Å². The molecule has 2 unspecified atom stereocenters. The van der Waals surface area contributed by atoms with Crippen LogP contribution in [0.15, 0.2) is 17.3 Å². The van der Waals surface area contributed by atoms with E-state index in [0.29, 0.717) is 0 Å². The highest BCUT2D eigenvalue weighted by Gasteiger charge is 2.24. The zero-order valence-corrected chi connectivity index (χ0v) is 9.55. The van der Waals surface area contributed by atoms with Crippen LogP contribution in [-0.2, 0) is 7.05 Å². The molecule has 1 aliphatic rings. The topological polar surface area (TPSA) is 29.9 Å². The lowest BCUT2D eigenvalue weighted by Gasteiger charge is -2.08. The molecular weight excluding hydrogens is 194 g/mol. The van der Waals surface area contributed by atoms with Gasteiger partial charge in [-0.1, -0.05) is 0 Å². The van der Waals surface area contributed by atoms with Crippen LogP contribution in [0.4, 0.5) is 0 Å². The summed E-state index contributed by atoms with van der Waals surface area (Å²) in [4.78, 5) is 1.30. The molecule has 0 bridgehead atoms. The summed E-state index contributed by atoms with van der Waals surface area (Å²) in [7, 11) is 4.02. The van der Waals surface area contributed by atoms with Crippen molar-refractivity contribution in [1.29, 1.82) is 0 Å². The van der Waals surface area contributed by atoms with E-state index in [1.54, 1.807) is 0 Å². The number of thioether (sulfide) groups is 1. The van der Waals surface area contributed by atoms with Gasteiger partial charge in [0.2, 0.25) is 0 Å². The van der Waals surface area contributed by atoms with Crippen molar-refractivity contribution in [3.8, 4) is 0 Å². The Morgan fingerprint density at radius 1 is 1.57 bits per heavy atom. The molecule has 3 nitrogen and oxygen atoms in total. The van der Waals surface area contributed by atoms with Crippen LogP contribution in [0.25, 0.3) is 0 Å². The first-order chi connectivity index (χ1) is 6.78. The smallest absolute Gasteiger partial charge is 0.0625 e. The molecule has 1 heterocycles. The van der Waals surface area contributed by atoms with Crippen molar-refractivity contribution in [2.75, 3.05) is 7.05 Å². The molecule has 1 aromatic rings. The van der Waals surface area contributed by atoms with E-state index in [2.05, 4.69) is 23.7 Å². The number of hydrogen-bond acceptors (Lipinski definition) is 3. The predicted molar refractivity (Wildman–Crippen MR) is 59.6 cm³/mol. The van der Waals surface area contributed by atoms with Crippen LogP contribution >= 0.6 is 11.8 Å². The Morgan fingerprint density at radius 3 is 3.00 bits per heavy atom. The number of nitrogens with one attached hydrogen (secondary N) is 1. The average Bonchev–Trinajstić information content (AvgIpc) is 2.76. The Morgan fingerprint density at radius 2 is 2.43 bits per heavy atom. The van der Waals surface area contributed by atoms with Gasteiger partial charge in [0, 0.05) is 29.4 Å². The number of aromatic nitrogens is 2. The molecule has 0 spiro atoms. The molecule has 0 amide bonds. The highest BCUT2D eigenvalue weighted by Crippen LogP contribution is 2.34. The Hall–Kier alpha value is -0.480. The van der Waals surface area contributed by atoms with Gasteiger partial charge in [-0.3, -0.25) is 4.68 Å². The minimum Gasteiger partial charge on any atom is -0.317 e. The first-order valence-corrected chi connectivity index (χ1v) is 5.98. The van der Waals surface area contributed by atoms with Crippen molar-refractivity contribution in [2.24, 2.45) is 7.05 Å². The van der Waals surface area contributed by atoms with E-state index in [-0.39, 0.29) is 0 Å². The van der Waals surface area contributed by atoms with Crippen LogP contribution in [0, 0.1) is 0 Å². The van der Waals surface area contributed by atoms with Crippen molar-refractivity contribution in [3.63, 3.8) is 0 Å². The molecule has 1 saturated carbocycles. The van der Waals surface area contributed by atoms with E-state index in [1.165, 1.54) is 24.2 Å². The molecule has 0 aromatic carbocycles. The van der Waals surface area contributed by atoms with E-state index >= 15 is 0 Å². The Bertz CT molecular complexity index is 297. The molecule has 0 saturated heterocycles. The summed E-state index contributed by atoms with van der Waals surface area (Å²) in [6.07, 6.45) is 7.98. The minimum absolute atomic E-state index is 0.726. The third kappa shape index (κ3) is 2.30. The molecule has 1 fully saturated rings. The van der Waals surface area contributed by atoms with Crippen LogP contribution < -0.4 is 5.32 Å². The number of hydrogen-bond donors (Lipinski definition) is 1. The molecule has 0 aliphatic heterocycles. The molecule has 1 N–H and O–H groups in total. The van der Waals surface area contributed by atoms with E-state index in [9.17, 15) is 0 Å². The molecule has 2 rings (SSSR count). The van der Waals surface area contributed by atoms with Gasteiger partial charge in [0.15, 0.2) is 0 Å². The van der Waals surface area contributed by atoms with Gasteiger partial charge in [-0.05, 0) is 26.3 Å². The predicted octanol–water partition coefficient (Wildman–Crippen LogP) is 1.65. The highest BCUT2D eigenvalue weighted by molar-refractivity contribution is 8.00. The average molecular weight is 211 g/mol. The summed E-state index contributed by atoms with van der Waals surface area (Å²) in [5, 5.41) is 8.30. The van der Waals surface area contributed by atoms with E-state index in [4.69, 9.17) is 0 Å². The molecule has 1 aromatic heterocycles. The number of rotatable bonds is 3. The normalized spacial score (nSPS) is 27.0. The zero-order chi connectivity index (χ0) is 9.97. The standard InChI is InChI=1S/C10H17N3S/c1-11-8-3-4-9(5-8)14-10-6-12-13(2)7-10/h6-9,11H,3-5H2,1-2H3. The Kier molecular flexibility index (Phi) is 3.13. The summed E-state index contributed by atoms with van der Waals surface area (Å²) in [6, 6.07) is 0.726. The fourth-order valence-corrected chi connectivity index (χ4v) is 3.25. The third-order valence-corrected chi connectivity index (χ3v) is 4.02. The van der Waals surface area contributed by atoms with Gasteiger partial charge in [0.05, 0.1) is 6.20 Å². The van der Waals surface area contributed by atoms with Crippen LogP contribution in [0.5, 0.6) is 0 Å². The van der Waals surface area contributed by atoms with E-state index in [1.807, 2.05) is 29.7 Å². The van der Waals surface area contributed by atoms with Gasteiger partial charge in [0.1, 0.15) is 0 Å². The van der Waals surface area contributed by atoms with Crippen molar-refractivity contribution in [2.45, 2.75) is 35.4 Å². The van der Waals surface area contributed by atoms with Crippen LogP contribution in [-0.4, -0.2) is 28.1 Å². The Balaban J connectivity index is 1.87. The van der Waals surface area contributed by atoms with Gasteiger partial charge in [-0.25, -0.2) is 0 Å². The first kappa shape index (κ1) is 10.1. The lowest BCUT2D eigenvalue weighted by molar-refractivity contribution is 0.583. The fraction of sp³-hybridized carbons (Fsp3) is 0.700. The lowest BCUT2D eigenvalue weighted by Crippen LogP contribution is -2.21. The first-order valence-electron chi connectivity index (χ1n) is 5.10. The monoisotopic (exact) mass is 211 g/mol. The Labute approximate surface area is 89.3 Å². The number of nitrogens with zero attached hydrogens (tertiary/aromatic N) is 2. The molecule has 14 heavy (non-hydrogen) atoms. The second-order valence-corrected chi connectivity index (χ2v) is 5.26. The second kappa shape index (κ2) is 4.36. The van der Waals surface area contributed by atoms with Crippen LogP contribution in [0.2, 0.25) is 0 Å². The maximum Gasteiger partial charge on any atom is 0.0625 e. The summed E-state index contributed by atoms with van der Waals surface area (Å²) in [5.74, 6) is 0. The van der Waals surface area contributed by atoms with E-state index < -0.39 is 0 Å². The van der Waals surface area contributed by atoms with Gasteiger partial charge in [-0.15, -0.1) is 11.8 Å². The zero-order valence-electron chi connectivity index (χ0n) is 8.73. The minimum atomic E-state index is 0.726. The van der Waals surface area contributed by atoms with Crippen molar-refractivity contribution >= 4 is 11.8 Å². The summed E-state index contributed by atoms with van der Waals surface area (Å²) >= 11 is 1.97. The van der Waals surface area contributed by atoms with Gasteiger partial charge < -0.3 is 5.32 Å². The summed E-state index contributed by atoms with van der Waals surface area (Å²) in [6.45, 7) is 0. The van der Waals surface area contributed by atoms with Crippen molar-refractivity contribution in [1.82, 2.24) is 15.1 Å². The molecule has 0 radical (unpaired) electrons. The summed E-state index contributed by atoms with van der Waals surface area (Å²) in [5.41, 5.74) is 0. The molecule has 4 heteroatoms. The SMILES string of the molecule is CNC1CCC(Sc2cnn(C)c2)C1. The second-order valence-electron chi connectivity index (χ2n) is 3.89. The molecule has 1 aliphatic carbocycles. The van der Waals surface area contributed by atoms with Gasteiger partial charge in [0.25, 0.3) is 0 Å². The molecule has 2 atom stereocenters.